The quantitative estimate of drug-likeness (QED) is 0.499. The second-order valence-corrected chi connectivity index (χ2v) is 1.66. The van der Waals surface area contributed by atoms with E-state index >= 15 is 0 Å². The lowest BCUT2D eigenvalue weighted by atomic mass is 10.7. The van der Waals surface area contributed by atoms with E-state index in [1.807, 2.05) is 28.9 Å². The Morgan fingerprint density at radius 2 is 2.38 bits per heavy atom. The van der Waals surface area contributed by atoms with Gasteiger partial charge >= 0.3 is 0 Å². The normalized spacial score (nSPS) is 10.5. The monoisotopic (exact) mass is 107 g/mol. The maximum atomic E-state index is 5.02. The third-order valence-corrected chi connectivity index (χ3v) is 1.15. The lowest BCUT2D eigenvalue weighted by Gasteiger charge is -1.72. The molecule has 2 rings (SSSR count). The maximum Gasteiger partial charge on any atom is 0.203 e. The molecule has 2 aromatic rings. The number of rotatable bonds is 0. The van der Waals surface area contributed by atoms with Crippen LogP contribution in [0.4, 0.5) is 0 Å². The second-order valence-electron chi connectivity index (χ2n) is 1.66. The molecule has 0 amide bonds. The predicted molar refractivity (Wildman–Crippen MR) is 29.7 cm³/mol. The van der Waals surface area contributed by atoms with Crippen molar-refractivity contribution in [3.8, 4) is 0 Å². The summed E-state index contributed by atoms with van der Waals surface area (Å²) >= 11 is 0. The van der Waals surface area contributed by atoms with Crippen molar-refractivity contribution in [1.82, 2.24) is 4.40 Å². The molecule has 0 unspecified atom stereocenters. The Morgan fingerprint density at radius 3 is 3.25 bits per heavy atom. The lowest BCUT2D eigenvalue weighted by Crippen LogP contribution is -1.65. The van der Waals surface area contributed by atoms with Gasteiger partial charge in [0.2, 0.25) is 5.71 Å². The first kappa shape index (κ1) is 3.78. The van der Waals surface area contributed by atoms with Gasteiger partial charge in [-0.1, -0.05) is 0 Å². The SMILES string of the molecule is c1cc2occn2c1. The molecule has 0 aromatic carbocycles. The predicted octanol–water partition coefficient (Wildman–Crippen LogP) is 1.53. The topological polar surface area (TPSA) is 17.6 Å². The minimum atomic E-state index is 0.894. The highest BCUT2D eigenvalue weighted by Crippen LogP contribution is 2.02. The third kappa shape index (κ3) is 0.320. The summed E-state index contributed by atoms with van der Waals surface area (Å²) in [5.74, 6) is 0. The molecule has 0 saturated carbocycles. The Kier molecular flexibility index (Phi) is 0.545. The van der Waals surface area contributed by atoms with Crippen LogP contribution in [0.15, 0.2) is 35.2 Å². The molecule has 0 N–H and O–H groups in total. The minimum Gasteiger partial charge on any atom is -0.447 e. The summed E-state index contributed by atoms with van der Waals surface area (Å²) < 4.78 is 6.94. The lowest BCUT2D eigenvalue weighted by molar-refractivity contribution is 0.608. The van der Waals surface area contributed by atoms with Crippen LogP contribution in [0.1, 0.15) is 0 Å². The second kappa shape index (κ2) is 1.15. The molecule has 40 valence electrons. The van der Waals surface area contributed by atoms with E-state index in [1.54, 1.807) is 6.26 Å². The van der Waals surface area contributed by atoms with E-state index in [4.69, 9.17) is 4.42 Å². The standard InChI is InChI=1S/C6H5NO/c1-2-6-7(3-1)4-5-8-6/h1-5H. The average Bonchev–Trinajstić information content (AvgIpc) is 2.15. The zero-order chi connectivity index (χ0) is 5.40. The largest absolute Gasteiger partial charge is 0.447 e. The van der Waals surface area contributed by atoms with Gasteiger partial charge in [0.25, 0.3) is 0 Å². The maximum absolute atomic E-state index is 5.02. The van der Waals surface area contributed by atoms with E-state index in [1.165, 1.54) is 0 Å². The summed E-state index contributed by atoms with van der Waals surface area (Å²) in [7, 11) is 0. The van der Waals surface area contributed by atoms with Gasteiger partial charge in [-0.25, -0.2) is 0 Å². The molecule has 8 heavy (non-hydrogen) atoms. The van der Waals surface area contributed by atoms with E-state index in [0.717, 1.165) is 5.71 Å². The summed E-state index contributed by atoms with van der Waals surface area (Å²) in [5.41, 5.74) is 0.894. The van der Waals surface area contributed by atoms with E-state index in [-0.39, 0.29) is 0 Å². The molecule has 0 spiro atoms. The van der Waals surface area contributed by atoms with E-state index in [2.05, 4.69) is 0 Å². The zero-order valence-corrected chi connectivity index (χ0v) is 4.24. The van der Waals surface area contributed by atoms with Crippen LogP contribution < -0.4 is 0 Å². The van der Waals surface area contributed by atoms with Crippen LogP contribution in [-0.2, 0) is 0 Å². The molecule has 0 radical (unpaired) electrons. The van der Waals surface area contributed by atoms with Crippen molar-refractivity contribution in [3.63, 3.8) is 0 Å². The Balaban J connectivity index is 3.06. The summed E-state index contributed by atoms with van der Waals surface area (Å²) in [6.45, 7) is 0. The number of fused-ring (bicyclic) bond motifs is 1. The van der Waals surface area contributed by atoms with Crippen LogP contribution in [0.2, 0.25) is 0 Å². The molecule has 2 heteroatoms. The van der Waals surface area contributed by atoms with Gasteiger partial charge in [0, 0.05) is 18.5 Å². The van der Waals surface area contributed by atoms with Crippen LogP contribution in [0, 0.1) is 0 Å². The van der Waals surface area contributed by atoms with Crippen molar-refractivity contribution < 1.29 is 4.42 Å². The first-order chi connectivity index (χ1) is 3.97. The van der Waals surface area contributed by atoms with Gasteiger partial charge in [0.05, 0.1) is 0 Å². The molecule has 0 aliphatic rings. The molecule has 0 atom stereocenters. The average molecular weight is 107 g/mol. The van der Waals surface area contributed by atoms with Crippen LogP contribution in [0.3, 0.4) is 0 Å². The minimum absolute atomic E-state index is 0.894. The number of aromatic nitrogens is 1. The molecule has 0 aliphatic carbocycles. The number of hydrogen-bond acceptors (Lipinski definition) is 1. The Bertz CT molecular complexity index is 230. The molecule has 2 aromatic heterocycles. The summed E-state index contributed by atoms with van der Waals surface area (Å²) in [4.78, 5) is 0. The first-order valence-electron chi connectivity index (χ1n) is 2.47. The van der Waals surface area contributed by atoms with Crippen molar-refractivity contribution in [2.75, 3.05) is 0 Å². The van der Waals surface area contributed by atoms with Gasteiger partial charge in [-0.15, -0.1) is 0 Å². The van der Waals surface area contributed by atoms with Crippen molar-refractivity contribution in [2.24, 2.45) is 0 Å². The van der Waals surface area contributed by atoms with Crippen LogP contribution in [0.5, 0.6) is 0 Å². The van der Waals surface area contributed by atoms with Gasteiger partial charge in [-0.2, -0.15) is 0 Å². The Labute approximate surface area is 46.3 Å². The van der Waals surface area contributed by atoms with E-state index in [0.29, 0.717) is 0 Å². The van der Waals surface area contributed by atoms with Gasteiger partial charge in [-0.05, 0) is 6.07 Å². The van der Waals surface area contributed by atoms with Gasteiger partial charge in [0.1, 0.15) is 6.26 Å². The fraction of sp³-hybridized carbons (Fsp3) is 0. The molecule has 2 nitrogen and oxygen atoms in total. The number of oxazole rings is 1. The fourth-order valence-electron chi connectivity index (χ4n) is 0.767. The van der Waals surface area contributed by atoms with Crippen molar-refractivity contribution in [3.05, 3.63) is 30.8 Å². The molecule has 0 bridgehead atoms. The van der Waals surface area contributed by atoms with Crippen molar-refractivity contribution >= 4 is 5.71 Å². The number of nitrogens with zero attached hydrogens (tertiary/aromatic N) is 1. The molecule has 0 aliphatic heterocycles. The Hall–Kier alpha value is -1.18. The van der Waals surface area contributed by atoms with Gasteiger partial charge in [0.15, 0.2) is 0 Å². The molecule has 0 saturated heterocycles. The summed E-state index contributed by atoms with van der Waals surface area (Å²) in [6.07, 6.45) is 5.48. The van der Waals surface area contributed by atoms with Crippen LogP contribution in [0.25, 0.3) is 5.71 Å². The fourth-order valence-corrected chi connectivity index (χ4v) is 0.767. The molecule has 0 fully saturated rings. The van der Waals surface area contributed by atoms with Crippen molar-refractivity contribution in [1.29, 1.82) is 0 Å². The van der Waals surface area contributed by atoms with E-state index < -0.39 is 0 Å². The Morgan fingerprint density at radius 1 is 1.38 bits per heavy atom. The van der Waals surface area contributed by atoms with Crippen LogP contribution in [-0.4, -0.2) is 4.40 Å². The third-order valence-electron chi connectivity index (χ3n) is 1.15. The summed E-state index contributed by atoms with van der Waals surface area (Å²) in [6, 6.07) is 3.86. The molecule has 2 heterocycles. The summed E-state index contributed by atoms with van der Waals surface area (Å²) in [5, 5.41) is 0. The highest BCUT2D eigenvalue weighted by Gasteiger charge is 1.88. The molecular formula is C6H5NO. The van der Waals surface area contributed by atoms with Crippen LogP contribution >= 0.6 is 0 Å². The van der Waals surface area contributed by atoms with Gasteiger partial charge < -0.3 is 4.42 Å². The molecular weight excluding hydrogens is 102 g/mol. The van der Waals surface area contributed by atoms with Crippen molar-refractivity contribution in [2.45, 2.75) is 0 Å². The van der Waals surface area contributed by atoms with E-state index in [9.17, 15) is 0 Å². The zero-order valence-electron chi connectivity index (χ0n) is 4.24. The first-order valence-corrected chi connectivity index (χ1v) is 2.47. The highest BCUT2D eigenvalue weighted by molar-refractivity contribution is 5.33. The smallest absolute Gasteiger partial charge is 0.203 e. The van der Waals surface area contributed by atoms with Gasteiger partial charge in [-0.3, -0.25) is 4.40 Å². The highest BCUT2D eigenvalue weighted by atomic mass is 16.3. The number of hydrogen-bond donors (Lipinski definition) is 0.